The minimum atomic E-state index is 0.433. The number of fused-ring (bicyclic) bond motifs is 1. The number of nitrogens with zero attached hydrogens (tertiary/aromatic N) is 5. The van der Waals surface area contributed by atoms with E-state index in [1.165, 1.54) is 31.4 Å². The molecule has 0 unspecified atom stereocenters. The van der Waals surface area contributed by atoms with Gasteiger partial charge in [-0.15, -0.1) is 0 Å². The molecule has 2 saturated heterocycles. The second-order valence-electron chi connectivity index (χ2n) is 8.28. The Balaban J connectivity index is 1.30. The van der Waals surface area contributed by atoms with Crippen molar-refractivity contribution >= 4 is 17.6 Å². The molecule has 7 heteroatoms. The van der Waals surface area contributed by atoms with Gasteiger partial charge < -0.3 is 15.1 Å². The van der Waals surface area contributed by atoms with E-state index in [0.29, 0.717) is 17.4 Å². The summed E-state index contributed by atoms with van der Waals surface area (Å²) in [7, 11) is 4.32. The molecule has 25 heavy (non-hydrogen) atoms. The average Bonchev–Trinajstić information content (AvgIpc) is 3.04. The van der Waals surface area contributed by atoms with Gasteiger partial charge in [0.25, 0.3) is 0 Å². The van der Waals surface area contributed by atoms with Crippen LogP contribution >= 0.6 is 0 Å². The number of rotatable bonds is 6. The quantitative estimate of drug-likeness (QED) is 0.842. The molecule has 4 fully saturated rings. The number of anilines is 3. The summed E-state index contributed by atoms with van der Waals surface area (Å²) >= 11 is 0. The Kier molecular flexibility index (Phi) is 3.28. The third kappa shape index (κ3) is 2.76. The molecule has 2 aromatic heterocycles. The van der Waals surface area contributed by atoms with Gasteiger partial charge in [-0.3, -0.25) is 5.10 Å². The molecule has 0 spiro atoms. The third-order valence-electron chi connectivity index (χ3n) is 5.71. The first-order valence-electron chi connectivity index (χ1n) is 9.17. The molecule has 2 bridgehead atoms. The number of hydrogen-bond acceptors (Lipinski definition) is 6. The SMILES string of the molecule is CN(C)CC12CC(C1)N(c1nccc(Nc3cc(C4CC4)[nH]n3)n1)C2. The second-order valence-corrected chi connectivity index (χ2v) is 8.28. The summed E-state index contributed by atoms with van der Waals surface area (Å²) in [6.07, 6.45) is 6.90. The lowest BCUT2D eigenvalue weighted by Crippen LogP contribution is -2.41. The lowest BCUT2D eigenvalue weighted by Gasteiger charge is -2.38. The van der Waals surface area contributed by atoms with Gasteiger partial charge in [0, 0.05) is 48.4 Å². The van der Waals surface area contributed by atoms with E-state index >= 15 is 0 Å². The normalized spacial score (nSPS) is 27.6. The van der Waals surface area contributed by atoms with Crippen LogP contribution in [0.3, 0.4) is 0 Å². The van der Waals surface area contributed by atoms with Crippen LogP contribution in [0.2, 0.25) is 0 Å². The summed E-state index contributed by atoms with van der Waals surface area (Å²) in [5.41, 5.74) is 1.66. The summed E-state index contributed by atoms with van der Waals surface area (Å²) in [4.78, 5) is 14.0. The van der Waals surface area contributed by atoms with Crippen molar-refractivity contribution in [1.82, 2.24) is 25.1 Å². The highest BCUT2D eigenvalue weighted by atomic mass is 15.3. The minimum absolute atomic E-state index is 0.433. The van der Waals surface area contributed by atoms with Crippen LogP contribution in [0.1, 0.15) is 37.3 Å². The van der Waals surface area contributed by atoms with Crippen molar-refractivity contribution in [1.29, 1.82) is 0 Å². The van der Waals surface area contributed by atoms with E-state index < -0.39 is 0 Å². The van der Waals surface area contributed by atoms with E-state index in [0.717, 1.165) is 30.7 Å². The fourth-order valence-corrected chi connectivity index (χ4v) is 4.56. The van der Waals surface area contributed by atoms with E-state index in [9.17, 15) is 0 Å². The van der Waals surface area contributed by atoms with Crippen LogP contribution < -0.4 is 10.2 Å². The Bertz CT molecular complexity index is 773. The molecular weight excluding hydrogens is 314 g/mol. The van der Waals surface area contributed by atoms with Crippen LogP contribution in [0.25, 0.3) is 0 Å². The molecule has 2 aromatic rings. The number of aromatic nitrogens is 4. The Morgan fingerprint density at radius 2 is 2.16 bits per heavy atom. The molecule has 0 aromatic carbocycles. The Labute approximate surface area is 147 Å². The van der Waals surface area contributed by atoms with Crippen LogP contribution in [0.4, 0.5) is 17.6 Å². The van der Waals surface area contributed by atoms with E-state index in [1.54, 1.807) is 0 Å². The molecule has 132 valence electrons. The topological polar surface area (TPSA) is 73.0 Å². The zero-order valence-electron chi connectivity index (χ0n) is 14.9. The maximum atomic E-state index is 4.74. The molecule has 6 rings (SSSR count). The fourth-order valence-electron chi connectivity index (χ4n) is 4.56. The highest BCUT2D eigenvalue weighted by Crippen LogP contribution is 2.52. The average molecular weight is 339 g/mol. The first-order valence-corrected chi connectivity index (χ1v) is 9.17. The largest absolute Gasteiger partial charge is 0.337 e. The summed E-state index contributed by atoms with van der Waals surface area (Å²) in [5.74, 6) is 3.16. The predicted octanol–water partition coefficient (Wildman–Crippen LogP) is 2.35. The maximum absolute atomic E-state index is 4.74. The van der Waals surface area contributed by atoms with Crippen LogP contribution in [0.5, 0.6) is 0 Å². The fraction of sp³-hybridized carbons (Fsp3) is 0.611. The van der Waals surface area contributed by atoms with Gasteiger partial charge in [-0.25, -0.2) is 4.98 Å². The number of aromatic amines is 1. The zero-order chi connectivity index (χ0) is 17.0. The van der Waals surface area contributed by atoms with E-state index in [1.807, 2.05) is 12.3 Å². The molecule has 0 atom stereocenters. The zero-order valence-corrected chi connectivity index (χ0v) is 14.9. The maximum Gasteiger partial charge on any atom is 0.227 e. The van der Waals surface area contributed by atoms with Gasteiger partial charge in [-0.05, 0) is 45.8 Å². The molecule has 4 heterocycles. The molecular formula is C18H25N7. The summed E-state index contributed by atoms with van der Waals surface area (Å²) in [6, 6.07) is 4.60. The third-order valence-corrected chi connectivity index (χ3v) is 5.71. The van der Waals surface area contributed by atoms with Crippen LogP contribution in [0, 0.1) is 5.41 Å². The number of hydrogen-bond donors (Lipinski definition) is 2. The Hall–Kier alpha value is -2.15. The van der Waals surface area contributed by atoms with Crippen molar-refractivity contribution in [3.05, 3.63) is 24.0 Å². The van der Waals surface area contributed by atoms with E-state index in [-0.39, 0.29) is 0 Å². The molecule has 2 saturated carbocycles. The minimum Gasteiger partial charge on any atom is -0.337 e. The Morgan fingerprint density at radius 3 is 2.92 bits per heavy atom. The summed E-state index contributed by atoms with van der Waals surface area (Å²) in [5, 5.41) is 10.8. The second kappa shape index (κ2) is 5.42. The van der Waals surface area contributed by atoms with Crippen molar-refractivity contribution in [2.24, 2.45) is 5.41 Å². The van der Waals surface area contributed by atoms with Crippen LogP contribution in [0.15, 0.2) is 18.3 Å². The molecule has 0 amide bonds. The molecule has 7 nitrogen and oxygen atoms in total. The van der Waals surface area contributed by atoms with Gasteiger partial charge in [0.15, 0.2) is 5.82 Å². The van der Waals surface area contributed by atoms with Gasteiger partial charge in [0.1, 0.15) is 5.82 Å². The van der Waals surface area contributed by atoms with Crippen LogP contribution in [-0.2, 0) is 0 Å². The first-order chi connectivity index (χ1) is 12.1. The highest BCUT2D eigenvalue weighted by Gasteiger charge is 2.55. The van der Waals surface area contributed by atoms with Crippen molar-refractivity contribution < 1.29 is 0 Å². The van der Waals surface area contributed by atoms with Crippen LogP contribution in [-0.4, -0.2) is 58.3 Å². The van der Waals surface area contributed by atoms with E-state index in [2.05, 4.69) is 50.5 Å². The number of nitrogens with one attached hydrogen (secondary N) is 2. The van der Waals surface area contributed by atoms with E-state index in [4.69, 9.17) is 4.98 Å². The van der Waals surface area contributed by atoms with Crippen molar-refractivity contribution in [2.45, 2.75) is 37.6 Å². The van der Waals surface area contributed by atoms with Crippen molar-refractivity contribution in [2.75, 3.05) is 37.4 Å². The van der Waals surface area contributed by atoms with Gasteiger partial charge >= 0.3 is 0 Å². The van der Waals surface area contributed by atoms with Gasteiger partial charge in [0.05, 0.1) is 0 Å². The molecule has 2 aliphatic heterocycles. The summed E-state index contributed by atoms with van der Waals surface area (Å²) in [6.45, 7) is 2.21. The van der Waals surface area contributed by atoms with Crippen molar-refractivity contribution in [3.63, 3.8) is 0 Å². The Morgan fingerprint density at radius 1 is 1.32 bits per heavy atom. The molecule has 2 aliphatic carbocycles. The molecule has 4 aliphatic rings. The summed E-state index contributed by atoms with van der Waals surface area (Å²) < 4.78 is 0. The number of H-pyrrole nitrogens is 1. The molecule has 2 N–H and O–H groups in total. The standard InChI is InChI=1S/C18H25N7/c1-24(2)10-18-8-13(9-18)25(11-18)17-19-6-5-15(21-17)20-16-7-14(22-23-16)12-3-4-12/h5-7,12-13H,3-4,8-11H2,1-2H3,(H2,19,20,21,22,23). The molecule has 0 radical (unpaired) electrons. The van der Waals surface area contributed by atoms with Gasteiger partial charge in [0.2, 0.25) is 5.95 Å². The first kappa shape index (κ1) is 15.1. The lowest BCUT2D eigenvalue weighted by atomic mass is 9.70. The monoisotopic (exact) mass is 339 g/mol. The lowest BCUT2D eigenvalue weighted by molar-refractivity contribution is 0.141. The predicted molar refractivity (Wildman–Crippen MR) is 97.2 cm³/mol. The van der Waals surface area contributed by atoms with Crippen molar-refractivity contribution in [3.8, 4) is 0 Å². The van der Waals surface area contributed by atoms with Gasteiger partial charge in [-0.2, -0.15) is 10.1 Å². The van der Waals surface area contributed by atoms with Gasteiger partial charge in [-0.1, -0.05) is 0 Å². The smallest absolute Gasteiger partial charge is 0.227 e. The highest BCUT2D eigenvalue weighted by molar-refractivity contribution is 5.54.